The molecule has 0 saturated heterocycles. The Morgan fingerprint density at radius 3 is 2.04 bits per heavy atom. The van der Waals surface area contributed by atoms with E-state index in [4.69, 9.17) is 4.74 Å². The SMILES string of the molecule is CC(C)N(C(=O)n1nnn(-c2c(F)cccc2F)c1=O)c1ccc(N(S(C)(=O)=O)S(C)(=O)=O)c(C(=O)OCc2ccccc2)c1. The van der Waals surface area contributed by atoms with Crippen LogP contribution < -0.4 is 14.3 Å². The largest absolute Gasteiger partial charge is 0.457 e. The number of aromatic nitrogens is 4. The molecule has 0 aliphatic rings. The predicted octanol–water partition coefficient (Wildman–Crippen LogP) is 2.67. The second-order valence-electron chi connectivity index (χ2n) is 9.89. The molecule has 4 rings (SSSR count). The summed E-state index contributed by atoms with van der Waals surface area (Å²) in [6.07, 6.45) is 1.25. The van der Waals surface area contributed by atoms with Gasteiger partial charge in [0.1, 0.15) is 12.3 Å². The minimum absolute atomic E-state index is 0.0451. The van der Waals surface area contributed by atoms with Gasteiger partial charge in [-0.1, -0.05) is 36.4 Å². The Morgan fingerprint density at radius 1 is 0.889 bits per heavy atom. The number of ether oxygens (including phenoxy) is 1. The van der Waals surface area contributed by atoms with E-state index in [1.54, 1.807) is 30.3 Å². The highest BCUT2D eigenvalue weighted by atomic mass is 32.3. The van der Waals surface area contributed by atoms with Crippen LogP contribution in [0, 0.1) is 11.6 Å². The lowest BCUT2D eigenvalue weighted by molar-refractivity contribution is 0.0474. The zero-order chi connectivity index (χ0) is 33.3. The fourth-order valence-corrected chi connectivity index (χ4v) is 7.33. The molecule has 0 N–H and O–H groups in total. The fourth-order valence-electron chi connectivity index (χ4n) is 4.33. The number of esters is 1. The van der Waals surface area contributed by atoms with Crippen molar-refractivity contribution in [3.8, 4) is 5.69 Å². The van der Waals surface area contributed by atoms with E-state index in [1.165, 1.54) is 13.8 Å². The van der Waals surface area contributed by atoms with Gasteiger partial charge in [-0.15, -0.1) is 4.68 Å². The number of carbonyl (C=O) groups is 2. The molecule has 0 aliphatic carbocycles. The van der Waals surface area contributed by atoms with Gasteiger partial charge in [0.2, 0.25) is 20.0 Å². The van der Waals surface area contributed by atoms with Crippen molar-refractivity contribution >= 4 is 43.4 Å². The average molecular weight is 665 g/mol. The second-order valence-corrected chi connectivity index (χ2v) is 13.8. The summed E-state index contributed by atoms with van der Waals surface area (Å²) in [5.74, 6) is -3.43. The van der Waals surface area contributed by atoms with Crippen molar-refractivity contribution in [2.75, 3.05) is 21.1 Å². The molecule has 0 bridgehead atoms. The number of hydrogen-bond donors (Lipinski definition) is 0. The standard InChI is InChI=1S/C27H26F2N6O8S2/c1-17(2)32(26(37)34-27(38)33(30-31-34)24-21(28)11-8-12-22(24)29)19-13-14-23(35(44(3,39)40)45(4,41)42)20(15-19)25(36)43-16-18-9-6-5-7-10-18/h5-15,17H,16H2,1-4H3. The normalized spacial score (nSPS) is 11.8. The number of benzene rings is 3. The third-order valence-electron chi connectivity index (χ3n) is 6.12. The first-order valence-corrected chi connectivity index (χ1v) is 16.6. The average Bonchev–Trinajstić information content (AvgIpc) is 3.32. The molecular formula is C27H26F2N6O8S2. The van der Waals surface area contributed by atoms with Gasteiger partial charge in [0.25, 0.3) is 0 Å². The quantitative estimate of drug-likeness (QED) is 0.191. The minimum Gasteiger partial charge on any atom is -0.457 e. The van der Waals surface area contributed by atoms with Gasteiger partial charge in [-0.3, -0.25) is 4.90 Å². The Bertz CT molecular complexity index is 2000. The topological polar surface area (TPSA) is 171 Å². The number of amides is 1. The van der Waals surface area contributed by atoms with Gasteiger partial charge in [-0.2, -0.15) is 8.39 Å². The van der Waals surface area contributed by atoms with E-state index >= 15 is 0 Å². The van der Waals surface area contributed by atoms with Gasteiger partial charge in [-0.25, -0.2) is 40.0 Å². The maximum absolute atomic E-state index is 14.3. The van der Waals surface area contributed by atoms with Crippen LogP contribution in [0.25, 0.3) is 5.69 Å². The van der Waals surface area contributed by atoms with Crippen LogP contribution in [0.3, 0.4) is 0 Å². The van der Waals surface area contributed by atoms with E-state index in [0.717, 1.165) is 41.3 Å². The van der Waals surface area contributed by atoms with Gasteiger partial charge in [0, 0.05) is 11.7 Å². The molecule has 238 valence electrons. The predicted molar refractivity (Wildman–Crippen MR) is 158 cm³/mol. The number of para-hydroxylation sites is 1. The van der Waals surface area contributed by atoms with E-state index in [0.29, 0.717) is 18.1 Å². The van der Waals surface area contributed by atoms with Crippen LogP contribution in [0.1, 0.15) is 29.8 Å². The summed E-state index contributed by atoms with van der Waals surface area (Å²) in [5.41, 5.74) is -2.88. The van der Waals surface area contributed by atoms with E-state index in [1.807, 2.05) is 0 Å². The van der Waals surface area contributed by atoms with Crippen molar-refractivity contribution in [2.45, 2.75) is 26.5 Å². The summed E-state index contributed by atoms with van der Waals surface area (Å²) in [7, 11) is -9.03. The van der Waals surface area contributed by atoms with Crippen molar-refractivity contribution in [3.63, 3.8) is 0 Å². The van der Waals surface area contributed by atoms with Crippen LogP contribution in [-0.2, 0) is 31.4 Å². The molecule has 0 unspecified atom stereocenters. The number of anilines is 2. The van der Waals surface area contributed by atoms with Crippen LogP contribution in [0.15, 0.2) is 71.5 Å². The molecule has 0 atom stereocenters. The Balaban J connectivity index is 1.84. The molecular weight excluding hydrogens is 638 g/mol. The van der Waals surface area contributed by atoms with Crippen LogP contribution >= 0.6 is 0 Å². The molecule has 1 heterocycles. The summed E-state index contributed by atoms with van der Waals surface area (Å²) in [6.45, 7) is 2.77. The van der Waals surface area contributed by atoms with Crippen LogP contribution in [0.4, 0.5) is 25.0 Å². The number of tetrazole rings is 1. The highest BCUT2D eigenvalue weighted by Crippen LogP contribution is 2.32. The highest BCUT2D eigenvalue weighted by Gasteiger charge is 2.34. The van der Waals surface area contributed by atoms with Crippen molar-refractivity contribution in [1.29, 1.82) is 0 Å². The summed E-state index contributed by atoms with van der Waals surface area (Å²) >= 11 is 0. The van der Waals surface area contributed by atoms with Gasteiger partial charge < -0.3 is 4.74 Å². The highest BCUT2D eigenvalue weighted by molar-refractivity contribution is 8.09. The third-order valence-corrected chi connectivity index (χ3v) is 9.35. The Labute approximate surface area is 256 Å². The number of hydrogen-bond acceptors (Lipinski definition) is 10. The maximum atomic E-state index is 14.3. The summed E-state index contributed by atoms with van der Waals surface area (Å²) in [6, 6.07) is 12.4. The third kappa shape index (κ3) is 6.91. The molecule has 0 radical (unpaired) electrons. The lowest BCUT2D eigenvalue weighted by Crippen LogP contribution is -2.45. The van der Waals surface area contributed by atoms with Crippen molar-refractivity contribution in [1.82, 2.24) is 19.8 Å². The molecule has 0 fully saturated rings. The van der Waals surface area contributed by atoms with Crippen molar-refractivity contribution < 1.29 is 39.9 Å². The van der Waals surface area contributed by atoms with Gasteiger partial charge >= 0.3 is 17.7 Å². The number of nitrogens with zero attached hydrogens (tertiary/aromatic N) is 6. The van der Waals surface area contributed by atoms with E-state index < -0.39 is 72.4 Å². The summed E-state index contributed by atoms with van der Waals surface area (Å²) in [5, 5.41) is 6.90. The summed E-state index contributed by atoms with van der Waals surface area (Å²) in [4.78, 5) is 41.0. The lowest BCUT2D eigenvalue weighted by atomic mass is 10.1. The smallest absolute Gasteiger partial charge is 0.377 e. The van der Waals surface area contributed by atoms with Crippen LogP contribution in [0.5, 0.6) is 0 Å². The Morgan fingerprint density at radius 2 is 1.49 bits per heavy atom. The van der Waals surface area contributed by atoms with E-state index in [9.17, 15) is 40.0 Å². The number of sulfonamides is 2. The second kappa shape index (κ2) is 12.6. The molecule has 1 amide bonds. The zero-order valence-corrected chi connectivity index (χ0v) is 25.8. The summed E-state index contributed by atoms with van der Waals surface area (Å²) < 4.78 is 84.9. The van der Waals surface area contributed by atoms with Gasteiger partial charge in [0.05, 0.1) is 23.8 Å². The molecule has 4 aromatic rings. The number of halogens is 2. The molecule has 1 aromatic heterocycles. The van der Waals surface area contributed by atoms with Crippen molar-refractivity contribution in [3.05, 3.63) is 100.0 Å². The molecule has 14 nitrogen and oxygen atoms in total. The molecule has 45 heavy (non-hydrogen) atoms. The van der Waals surface area contributed by atoms with Gasteiger partial charge in [0.15, 0.2) is 11.6 Å². The monoisotopic (exact) mass is 664 g/mol. The molecule has 0 saturated carbocycles. The lowest BCUT2D eigenvalue weighted by Gasteiger charge is -2.28. The first kappa shape index (κ1) is 32.9. The van der Waals surface area contributed by atoms with Gasteiger partial charge in [-0.05, 0) is 60.2 Å². The van der Waals surface area contributed by atoms with Crippen LogP contribution in [-0.4, -0.2) is 67.2 Å². The van der Waals surface area contributed by atoms with Crippen LogP contribution in [0.2, 0.25) is 0 Å². The molecule has 0 aliphatic heterocycles. The van der Waals surface area contributed by atoms with E-state index in [-0.39, 0.29) is 25.4 Å². The number of rotatable bonds is 9. The van der Waals surface area contributed by atoms with E-state index in [2.05, 4.69) is 10.4 Å². The first-order valence-electron chi connectivity index (χ1n) is 12.9. The minimum atomic E-state index is -4.51. The molecule has 0 spiro atoms. The number of carbonyl (C=O) groups excluding carboxylic acids is 2. The first-order chi connectivity index (χ1) is 21.0. The molecule has 3 aromatic carbocycles. The fraction of sp³-hybridized carbons (Fsp3) is 0.222. The maximum Gasteiger partial charge on any atom is 0.377 e. The zero-order valence-electron chi connectivity index (χ0n) is 24.2. The molecule has 18 heteroatoms. The Kier molecular flexibility index (Phi) is 9.19. The Hall–Kier alpha value is -4.97. The van der Waals surface area contributed by atoms with Crippen molar-refractivity contribution in [2.24, 2.45) is 0 Å².